The van der Waals surface area contributed by atoms with E-state index in [1.807, 2.05) is 0 Å². The third-order valence-electron chi connectivity index (χ3n) is 13.7. The minimum Gasteiger partial charge on any atom is -0.466 e. The summed E-state index contributed by atoms with van der Waals surface area (Å²) in [5.41, 5.74) is 0. The molecule has 66 heavy (non-hydrogen) atoms. The van der Waals surface area contributed by atoms with Gasteiger partial charge in [-0.2, -0.15) is 0 Å². The maximum Gasteiger partial charge on any atom is 0.305 e. The molecule has 1 amide bonds. The Balaban J connectivity index is 3.37. The lowest BCUT2D eigenvalue weighted by Gasteiger charge is -2.22. The van der Waals surface area contributed by atoms with E-state index in [2.05, 4.69) is 43.5 Å². The van der Waals surface area contributed by atoms with Gasteiger partial charge < -0.3 is 20.3 Å². The smallest absolute Gasteiger partial charge is 0.305 e. The third-order valence-corrected chi connectivity index (χ3v) is 13.7. The van der Waals surface area contributed by atoms with Crippen molar-refractivity contribution in [1.29, 1.82) is 0 Å². The molecule has 0 aromatic carbocycles. The zero-order valence-electron chi connectivity index (χ0n) is 44.4. The Morgan fingerprint density at radius 1 is 0.409 bits per heavy atom. The Kier molecular flexibility index (Phi) is 54.5. The summed E-state index contributed by atoms with van der Waals surface area (Å²) < 4.78 is 5.48. The van der Waals surface area contributed by atoms with E-state index in [1.165, 1.54) is 244 Å². The molecule has 2 atom stereocenters. The van der Waals surface area contributed by atoms with Crippen LogP contribution in [-0.2, 0) is 14.3 Å². The van der Waals surface area contributed by atoms with Crippen LogP contribution in [0.3, 0.4) is 0 Å². The van der Waals surface area contributed by atoms with Crippen LogP contribution in [0, 0.1) is 0 Å². The topological polar surface area (TPSA) is 95.9 Å². The molecule has 0 spiro atoms. The minimum absolute atomic E-state index is 0.00514. The number of carbonyl (C=O) groups is 2. The fourth-order valence-corrected chi connectivity index (χ4v) is 9.16. The van der Waals surface area contributed by atoms with E-state index in [0.717, 1.165) is 44.9 Å². The molecule has 390 valence electrons. The number of hydrogen-bond acceptors (Lipinski definition) is 5. The van der Waals surface area contributed by atoms with Crippen molar-refractivity contribution in [2.24, 2.45) is 0 Å². The fourth-order valence-electron chi connectivity index (χ4n) is 9.16. The number of aliphatic hydroxyl groups is 2. The molecule has 6 nitrogen and oxygen atoms in total. The van der Waals surface area contributed by atoms with Gasteiger partial charge in [-0.3, -0.25) is 9.59 Å². The van der Waals surface area contributed by atoms with Crippen molar-refractivity contribution in [3.05, 3.63) is 24.3 Å². The van der Waals surface area contributed by atoms with Gasteiger partial charge >= 0.3 is 5.97 Å². The summed E-state index contributed by atoms with van der Waals surface area (Å²) in [5.74, 6) is -0.0364. The molecule has 0 saturated carbocycles. The number of hydrogen-bond donors (Lipinski definition) is 3. The molecule has 0 aliphatic carbocycles. The van der Waals surface area contributed by atoms with Crippen LogP contribution in [0.15, 0.2) is 24.3 Å². The van der Waals surface area contributed by atoms with Crippen molar-refractivity contribution in [1.82, 2.24) is 5.32 Å². The van der Waals surface area contributed by atoms with Crippen molar-refractivity contribution in [3.63, 3.8) is 0 Å². The summed E-state index contributed by atoms with van der Waals surface area (Å²) in [5, 5.41) is 23.1. The summed E-state index contributed by atoms with van der Waals surface area (Å²) in [6, 6.07) is -0.542. The highest BCUT2D eigenvalue weighted by Crippen LogP contribution is 2.17. The maximum absolute atomic E-state index is 12.4. The van der Waals surface area contributed by atoms with Gasteiger partial charge in [0, 0.05) is 12.8 Å². The summed E-state index contributed by atoms with van der Waals surface area (Å²) in [4.78, 5) is 24.5. The summed E-state index contributed by atoms with van der Waals surface area (Å²) in [6.45, 7) is 4.93. The Morgan fingerprint density at radius 2 is 0.712 bits per heavy atom. The second kappa shape index (κ2) is 55.9. The molecule has 0 radical (unpaired) electrons. The zero-order valence-corrected chi connectivity index (χ0v) is 44.4. The van der Waals surface area contributed by atoms with E-state index in [1.54, 1.807) is 0 Å². The molecule has 0 aliphatic heterocycles. The molecule has 3 N–H and O–H groups in total. The molecule has 0 heterocycles. The first kappa shape index (κ1) is 64.3. The molecule has 0 saturated heterocycles. The van der Waals surface area contributed by atoms with Crippen molar-refractivity contribution in [2.75, 3.05) is 13.2 Å². The van der Waals surface area contributed by atoms with Gasteiger partial charge in [0.15, 0.2) is 0 Å². The molecule has 0 aromatic rings. The number of carbonyl (C=O) groups excluding carboxylic acids is 2. The van der Waals surface area contributed by atoms with Gasteiger partial charge in [0.2, 0.25) is 5.91 Å². The molecule has 0 fully saturated rings. The molecular weight excluding hydrogens is 815 g/mol. The number of esters is 1. The van der Waals surface area contributed by atoms with E-state index in [-0.39, 0.29) is 18.5 Å². The molecule has 0 bridgehead atoms. The summed E-state index contributed by atoms with van der Waals surface area (Å²) in [6.07, 6.45) is 67.6. The average molecular weight is 931 g/mol. The van der Waals surface area contributed by atoms with Gasteiger partial charge in [0.1, 0.15) is 0 Å². The summed E-state index contributed by atoms with van der Waals surface area (Å²) >= 11 is 0. The van der Waals surface area contributed by atoms with Crippen molar-refractivity contribution in [2.45, 2.75) is 334 Å². The molecular formula is C60H115NO5. The lowest BCUT2D eigenvalue weighted by atomic mass is 10.0. The Bertz CT molecular complexity index is 1030. The van der Waals surface area contributed by atoms with E-state index < -0.39 is 12.1 Å². The number of unbranched alkanes of at least 4 members (excludes halogenated alkanes) is 40. The normalized spacial score (nSPS) is 12.7. The first-order valence-electron chi connectivity index (χ1n) is 29.6. The van der Waals surface area contributed by atoms with Crippen LogP contribution in [0.25, 0.3) is 0 Å². The maximum atomic E-state index is 12.4. The standard InChI is InChI=1S/C60H115NO5/c1-3-5-7-9-11-13-14-15-16-28-31-34-38-42-46-50-54-60(65)66-55-51-47-43-39-35-32-29-26-24-22-20-18-17-19-21-23-25-27-30-33-37-41-45-49-53-59(64)61-57(56-62)58(63)52-48-44-40-36-12-10-8-6-4-2/h16,19,21,28,57-58,62-63H,3-15,17-18,20,22-27,29-56H2,1-2H3,(H,61,64)/b21-19-,28-16-. The Labute approximate surface area is 411 Å². The van der Waals surface area contributed by atoms with E-state index in [0.29, 0.717) is 25.9 Å². The first-order valence-corrected chi connectivity index (χ1v) is 29.6. The average Bonchev–Trinajstić information content (AvgIpc) is 3.32. The zero-order chi connectivity index (χ0) is 47.9. The van der Waals surface area contributed by atoms with Crippen LogP contribution in [0.1, 0.15) is 322 Å². The third kappa shape index (κ3) is 51.7. The van der Waals surface area contributed by atoms with Gasteiger partial charge in [-0.15, -0.1) is 0 Å². The van der Waals surface area contributed by atoms with E-state index >= 15 is 0 Å². The molecule has 0 aromatic heterocycles. The highest BCUT2D eigenvalue weighted by atomic mass is 16.5. The van der Waals surface area contributed by atoms with Gasteiger partial charge in [-0.05, 0) is 77.0 Å². The number of nitrogens with one attached hydrogen (secondary N) is 1. The van der Waals surface area contributed by atoms with Gasteiger partial charge in [-0.1, -0.05) is 256 Å². The Morgan fingerprint density at radius 3 is 1.08 bits per heavy atom. The van der Waals surface area contributed by atoms with Crippen molar-refractivity contribution < 1.29 is 24.5 Å². The van der Waals surface area contributed by atoms with E-state index in [4.69, 9.17) is 4.74 Å². The molecule has 2 unspecified atom stereocenters. The fraction of sp³-hybridized carbons (Fsp3) is 0.900. The van der Waals surface area contributed by atoms with Crippen LogP contribution in [0.5, 0.6) is 0 Å². The summed E-state index contributed by atoms with van der Waals surface area (Å²) in [7, 11) is 0. The number of aliphatic hydroxyl groups excluding tert-OH is 2. The monoisotopic (exact) mass is 930 g/mol. The molecule has 0 rings (SSSR count). The lowest BCUT2D eigenvalue weighted by Crippen LogP contribution is -2.45. The number of allylic oxidation sites excluding steroid dienone is 4. The Hall–Kier alpha value is -1.66. The minimum atomic E-state index is -0.664. The van der Waals surface area contributed by atoms with Crippen LogP contribution in [-0.4, -0.2) is 47.4 Å². The van der Waals surface area contributed by atoms with Crippen molar-refractivity contribution >= 4 is 11.9 Å². The number of amides is 1. The largest absolute Gasteiger partial charge is 0.466 e. The van der Waals surface area contributed by atoms with Gasteiger partial charge in [-0.25, -0.2) is 0 Å². The SMILES string of the molecule is CCCCCCCCC/C=C\CCCCCCCC(=O)OCCCCCCCCCCCCCC/C=C\CCCCCCCCCCC(=O)NC(CO)C(O)CCCCCCCCCCC. The second-order valence-corrected chi connectivity index (χ2v) is 20.3. The lowest BCUT2D eigenvalue weighted by molar-refractivity contribution is -0.143. The van der Waals surface area contributed by atoms with Crippen LogP contribution >= 0.6 is 0 Å². The predicted octanol–water partition coefficient (Wildman–Crippen LogP) is 18.2. The quantitative estimate of drug-likeness (QED) is 0.0321. The van der Waals surface area contributed by atoms with Crippen LogP contribution in [0.4, 0.5) is 0 Å². The van der Waals surface area contributed by atoms with Crippen LogP contribution in [0.2, 0.25) is 0 Å². The van der Waals surface area contributed by atoms with Gasteiger partial charge in [0.05, 0.1) is 25.4 Å². The highest BCUT2D eigenvalue weighted by Gasteiger charge is 2.20. The van der Waals surface area contributed by atoms with Gasteiger partial charge in [0.25, 0.3) is 0 Å². The van der Waals surface area contributed by atoms with Crippen molar-refractivity contribution in [3.8, 4) is 0 Å². The first-order chi connectivity index (χ1) is 32.5. The molecule has 6 heteroatoms. The predicted molar refractivity (Wildman–Crippen MR) is 287 cm³/mol. The molecule has 0 aliphatic rings. The van der Waals surface area contributed by atoms with Crippen LogP contribution < -0.4 is 5.32 Å². The van der Waals surface area contributed by atoms with E-state index in [9.17, 15) is 19.8 Å². The second-order valence-electron chi connectivity index (χ2n) is 20.3. The number of ether oxygens (including phenoxy) is 1. The number of rotatable bonds is 55. The highest BCUT2D eigenvalue weighted by molar-refractivity contribution is 5.76.